The van der Waals surface area contributed by atoms with Crippen molar-refractivity contribution in [1.29, 1.82) is 0 Å². The summed E-state index contributed by atoms with van der Waals surface area (Å²) >= 11 is 0. The molecular formula is C23H23N5O. The fraction of sp³-hybridized carbons (Fsp3) is 0.261. The molecule has 1 aromatic heterocycles. The van der Waals surface area contributed by atoms with E-state index in [2.05, 4.69) is 32.2 Å². The molecule has 0 saturated carbocycles. The number of piperidine rings is 1. The number of nitrogens with one attached hydrogen (secondary N) is 1. The number of aldehydes is 1. The van der Waals surface area contributed by atoms with Crippen LogP contribution in [-0.4, -0.2) is 40.3 Å². The topological polar surface area (TPSA) is 84.1 Å². The Balaban J connectivity index is 1.66. The highest BCUT2D eigenvalue weighted by Gasteiger charge is 2.26. The molecule has 4 rings (SSSR count). The van der Waals surface area contributed by atoms with Gasteiger partial charge in [0.2, 0.25) is 0 Å². The molecule has 0 spiro atoms. The summed E-state index contributed by atoms with van der Waals surface area (Å²) in [6.07, 6.45) is 8.87. The van der Waals surface area contributed by atoms with Crippen LogP contribution >= 0.6 is 0 Å². The normalized spacial score (nSPS) is 19.6. The standard InChI is InChI=1S/C23H23N5O/c1-2-16-5-3-7-19(11-16)27-23-22-17(6-4-8-21(22)25-15-26-23)12-28-10-9-20(24)18(13-28)14-29/h1,3-8,11,14-15,18,20H,9-10,12-13,24H2,(H,25,26,27)/t18-,20+/m0/s1. The molecule has 2 heterocycles. The molecule has 0 unspecified atom stereocenters. The number of rotatable bonds is 5. The van der Waals surface area contributed by atoms with Crippen LogP contribution in [0.3, 0.4) is 0 Å². The lowest BCUT2D eigenvalue weighted by molar-refractivity contribution is -0.113. The molecule has 0 amide bonds. The van der Waals surface area contributed by atoms with E-state index < -0.39 is 0 Å². The van der Waals surface area contributed by atoms with E-state index in [1.165, 1.54) is 0 Å². The number of hydrogen-bond acceptors (Lipinski definition) is 6. The highest BCUT2D eigenvalue weighted by atomic mass is 16.1. The summed E-state index contributed by atoms with van der Waals surface area (Å²) in [5, 5.41) is 4.36. The minimum Gasteiger partial charge on any atom is -0.340 e. The Kier molecular flexibility index (Phi) is 5.52. The van der Waals surface area contributed by atoms with Gasteiger partial charge in [-0.3, -0.25) is 4.90 Å². The van der Waals surface area contributed by atoms with Crippen molar-refractivity contribution in [2.45, 2.75) is 19.0 Å². The number of anilines is 2. The van der Waals surface area contributed by atoms with Crippen molar-refractivity contribution in [2.75, 3.05) is 18.4 Å². The van der Waals surface area contributed by atoms with Gasteiger partial charge in [-0.1, -0.05) is 24.1 Å². The van der Waals surface area contributed by atoms with E-state index in [4.69, 9.17) is 12.2 Å². The van der Waals surface area contributed by atoms with Gasteiger partial charge in [0.05, 0.1) is 5.52 Å². The lowest BCUT2D eigenvalue weighted by atomic mass is 9.93. The van der Waals surface area contributed by atoms with Crippen molar-refractivity contribution in [2.24, 2.45) is 11.7 Å². The van der Waals surface area contributed by atoms with Crippen LogP contribution in [0.1, 0.15) is 17.5 Å². The van der Waals surface area contributed by atoms with E-state index in [0.29, 0.717) is 13.1 Å². The zero-order valence-corrected chi connectivity index (χ0v) is 16.1. The van der Waals surface area contributed by atoms with Crippen LogP contribution in [0.25, 0.3) is 10.9 Å². The number of benzene rings is 2. The van der Waals surface area contributed by atoms with Gasteiger partial charge in [0, 0.05) is 48.2 Å². The van der Waals surface area contributed by atoms with Crippen LogP contribution in [0, 0.1) is 18.3 Å². The third-order valence-corrected chi connectivity index (χ3v) is 5.41. The number of carbonyl (C=O) groups is 1. The summed E-state index contributed by atoms with van der Waals surface area (Å²) in [5.41, 5.74) is 9.73. The zero-order valence-electron chi connectivity index (χ0n) is 16.1. The molecule has 1 aliphatic heterocycles. The number of nitrogens with zero attached hydrogens (tertiary/aromatic N) is 3. The van der Waals surface area contributed by atoms with Gasteiger partial charge in [-0.05, 0) is 36.2 Å². The molecule has 6 nitrogen and oxygen atoms in total. The molecule has 1 fully saturated rings. The Morgan fingerprint density at radius 1 is 1.28 bits per heavy atom. The molecule has 6 heteroatoms. The van der Waals surface area contributed by atoms with Crippen LogP contribution in [0.5, 0.6) is 0 Å². The van der Waals surface area contributed by atoms with Crippen LogP contribution in [0.15, 0.2) is 48.8 Å². The lowest BCUT2D eigenvalue weighted by Crippen LogP contribution is -2.47. The molecule has 0 aliphatic carbocycles. The second-order valence-corrected chi connectivity index (χ2v) is 7.37. The largest absolute Gasteiger partial charge is 0.340 e. The summed E-state index contributed by atoms with van der Waals surface area (Å²) in [7, 11) is 0. The van der Waals surface area contributed by atoms with Gasteiger partial charge in [0.15, 0.2) is 0 Å². The number of aromatic nitrogens is 2. The summed E-state index contributed by atoms with van der Waals surface area (Å²) < 4.78 is 0. The molecule has 1 aliphatic rings. The molecule has 3 aromatic rings. The number of hydrogen-bond donors (Lipinski definition) is 2. The predicted octanol–water partition coefficient (Wildman–Crippen LogP) is 2.70. The van der Waals surface area contributed by atoms with Crippen LogP contribution in [0.2, 0.25) is 0 Å². The summed E-state index contributed by atoms with van der Waals surface area (Å²) in [5.74, 6) is 3.26. The molecule has 0 radical (unpaired) electrons. The van der Waals surface area contributed by atoms with E-state index in [1.54, 1.807) is 6.33 Å². The highest BCUT2D eigenvalue weighted by Crippen LogP contribution is 2.28. The van der Waals surface area contributed by atoms with Crippen LogP contribution in [0.4, 0.5) is 11.5 Å². The third kappa shape index (κ3) is 4.11. The second kappa shape index (κ2) is 8.39. The Morgan fingerprint density at radius 2 is 2.14 bits per heavy atom. The van der Waals surface area contributed by atoms with Crippen LogP contribution in [-0.2, 0) is 11.3 Å². The Hall–Kier alpha value is -3.27. The first-order valence-corrected chi connectivity index (χ1v) is 9.67. The smallest absolute Gasteiger partial charge is 0.142 e. The Bertz CT molecular complexity index is 1070. The number of terminal acetylenes is 1. The fourth-order valence-corrected chi connectivity index (χ4v) is 3.83. The van der Waals surface area contributed by atoms with Crippen molar-refractivity contribution in [3.8, 4) is 12.3 Å². The number of nitrogens with two attached hydrogens (primary N) is 1. The average molecular weight is 385 g/mol. The minimum absolute atomic E-state index is 0.0553. The van der Waals surface area contributed by atoms with Gasteiger partial charge in [0.25, 0.3) is 0 Å². The van der Waals surface area contributed by atoms with Crippen LogP contribution < -0.4 is 11.1 Å². The second-order valence-electron chi connectivity index (χ2n) is 7.37. The predicted molar refractivity (Wildman–Crippen MR) is 115 cm³/mol. The van der Waals surface area contributed by atoms with Gasteiger partial charge in [-0.2, -0.15) is 0 Å². The maximum atomic E-state index is 11.3. The molecule has 0 bridgehead atoms. The molecule has 1 saturated heterocycles. The first-order valence-electron chi connectivity index (χ1n) is 9.67. The minimum atomic E-state index is -0.126. The van der Waals surface area contributed by atoms with Gasteiger partial charge in [-0.25, -0.2) is 9.97 Å². The SMILES string of the molecule is C#Cc1cccc(Nc2ncnc3cccc(CN4CC[C@@H](N)[C@H](C=O)C4)c23)c1. The Labute approximate surface area is 170 Å². The number of likely N-dealkylation sites (tertiary alicyclic amines) is 1. The molecule has 3 N–H and O–H groups in total. The summed E-state index contributed by atoms with van der Waals surface area (Å²) in [6, 6.07) is 13.7. The molecule has 29 heavy (non-hydrogen) atoms. The average Bonchev–Trinajstić information content (AvgIpc) is 2.75. The summed E-state index contributed by atoms with van der Waals surface area (Å²) in [4.78, 5) is 22.5. The Morgan fingerprint density at radius 3 is 2.97 bits per heavy atom. The maximum Gasteiger partial charge on any atom is 0.142 e. The summed E-state index contributed by atoms with van der Waals surface area (Å²) in [6.45, 7) is 2.24. The van der Waals surface area contributed by atoms with Crippen molar-refractivity contribution in [1.82, 2.24) is 14.9 Å². The van der Waals surface area contributed by atoms with E-state index in [1.807, 2.05) is 36.4 Å². The lowest BCUT2D eigenvalue weighted by Gasteiger charge is -2.34. The molecule has 146 valence electrons. The first-order chi connectivity index (χ1) is 14.2. The van der Waals surface area contributed by atoms with E-state index >= 15 is 0 Å². The van der Waals surface area contributed by atoms with Crippen molar-refractivity contribution >= 4 is 28.7 Å². The maximum absolute atomic E-state index is 11.3. The van der Waals surface area contributed by atoms with Gasteiger partial charge in [0.1, 0.15) is 18.4 Å². The zero-order chi connectivity index (χ0) is 20.2. The van der Waals surface area contributed by atoms with E-state index in [0.717, 1.165) is 52.8 Å². The van der Waals surface area contributed by atoms with E-state index in [-0.39, 0.29) is 12.0 Å². The van der Waals surface area contributed by atoms with Gasteiger partial charge >= 0.3 is 0 Å². The highest BCUT2D eigenvalue weighted by molar-refractivity contribution is 5.93. The number of carbonyl (C=O) groups excluding carboxylic acids is 1. The molecule has 2 aromatic carbocycles. The molecular weight excluding hydrogens is 362 g/mol. The van der Waals surface area contributed by atoms with E-state index in [9.17, 15) is 4.79 Å². The van der Waals surface area contributed by atoms with Crippen molar-refractivity contribution in [3.63, 3.8) is 0 Å². The molecule has 2 atom stereocenters. The van der Waals surface area contributed by atoms with Gasteiger partial charge in [-0.15, -0.1) is 6.42 Å². The van der Waals surface area contributed by atoms with Crippen molar-refractivity contribution < 1.29 is 4.79 Å². The quantitative estimate of drug-likeness (QED) is 0.519. The first kappa shape index (κ1) is 19.1. The fourth-order valence-electron chi connectivity index (χ4n) is 3.83. The van der Waals surface area contributed by atoms with Gasteiger partial charge < -0.3 is 15.8 Å². The third-order valence-electron chi connectivity index (χ3n) is 5.41. The number of fused-ring (bicyclic) bond motifs is 1. The van der Waals surface area contributed by atoms with Crippen molar-refractivity contribution in [3.05, 3.63) is 59.9 Å². The monoisotopic (exact) mass is 385 g/mol.